The quantitative estimate of drug-likeness (QED) is 0.496. The van der Waals surface area contributed by atoms with Gasteiger partial charge in [0.15, 0.2) is 0 Å². The predicted octanol–water partition coefficient (Wildman–Crippen LogP) is 4.96. The molecule has 0 unspecified atom stereocenters. The van der Waals surface area contributed by atoms with Crippen molar-refractivity contribution in [1.82, 2.24) is 14.4 Å². The van der Waals surface area contributed by atoms with Crippen LogP contribution < -0.4 is 5.32 Å². The maximum atomic E-state index is 13.3. The number of fused-ring (bicyclic) bond motifs is 1. The lowest BCUT2D eigenvalue weighted by Crippen LogP contribution is -2.45. The summed E-state index contributed by atoms with van der Waals surface area (Å²) >= 11 is 6.06. The van der Waals surface area contributed by atoms with Crippen molar-refractivity contribution in [3.8, 4) is 0 Å². The van der Waals surface area contributed by atoms with Crippen LogP contribution in [0.4, 0.5) is 5.69 Å². The molecule has 2 fully saturated rings. The summed E-state index contributed by atoms with van der Waals surface area (Å²) in [7, 11) is 1.94. The zero-order chi connectivity index (χ0) is 26.2. The number of amides is 3. The molecule has 3 aromatic rings. The molecule has 0 saturated carbocycles. The number of hydrogen-bond donors (Lipinski definition) is 1. The highest BCUT2D eigenvalue weighted by Crippen LogP contribution is 2.41. The molecule has 37 heavy (non-hydrogen) atoms. The van der Waals surface area contributed by atoms with E-state index in [0.717, 1.165) is 35.7 Å². The summed E-state index contributed by atoms with van der Waals surface area (Å²) in [6.45, 7) is 4.24. The van der Waals surface area contributed by atoms with Gasteiger partial charge in [0.25, 0.3) is 5.91 Å². The lowest BCUT2D eigenvalue weighted by atomic mass is 9.77. The Labute approximate surface area is 221 Å². The van der Waals surface area contributed by atoms with Crippen LogP contribution in [0.25, 0.3) is 17.0 Å². The molecule has 1 N–H and O–H groups in total. The number of benzene rings is 2. The van der Waals surface area contributed by atoms with E-state index in [2.05, 4.69) is 5.32 Å². The Morgan fingerprint density at radius 1 is 0.973 bits per heavy atom. The van der Waals surface area contributed by atoms with Gasteiger partial charge in [-0.25, -0.2) is 0 Å². The van der Waals surface area contributed by atoms with E-state index < -0.39 is 0 Å². The standard InChI is InChI=1S/C29H31ClN4O3/c1-20(35)31-24-18-23(30)9-7-21(24)8-10-27(36)34-16-13-29(19-34)11-14-33(15-12-29)28(37)26-17-22-5-3-4-6-25(22)32(26)2/h3-10,17-18H,11-16,19H2,1-2H3,(H,31,35). The van der Waals surface area contributed by atoms with Crippen molar-refractivity contribution in [1.29, 1.82) is 0 Å². The van der Waals surface area contributed by atoms with Crippen molar-refractivity contribution in [2.24, 2.45) is 12.5 Å². The van der Waals surface area contributed by atoms with Crippen molar-refractivity contribution in [2.75, 3.05) is 31.5 Å². The fourth-order valence-electron chi connectivity index (χ4n) is 5.61. The van der Waals surface area contributed by atoms with Crippen molar-refractivity contribution >= 4 is 52.0 Å². The van der Waals surface area contributed by atoms with Gasteiger partial charge in [0.1, 0.15) is 5.69 Å². The number of hydrogen-bond acceptors (Lipinski definition) is 3. The van der Waals surface area contributed by atoms with E-state index in [4.69, 9.17) is 11.6 Å². The van der Waals surface area contributed by atoms with E-state index in [1.54, 1.807) is 30.4 Å². The van der Waals surface area contributed by atoms with Gasteiger partial charge in [-0.3, -0.25) is 14.4 Å². The molecule has 2 aromatic carbocycles. The first-order valence-electron chi connectivity index (χ1n) is 12.6. The number of nitrogens with zero attached hydrogens (tertiary/aromatic N) is 3. The third-order valence-electron chi connectivity index (χ3n) is 7.76. The van der Waals surface area contributed by atoms with Crippen LogP contribution in [0.3, 0.4) is 0 Å². The lowest BCUT2D eigenvalue weighted by molar-refractivity contribution is -0.125. The number of para-hydroxylation sites is 1. The molecule has 192 valence electrons. The third kappa shape index (κ3) is 5.14. The topological polar surface area (TPSA) is 74.7 Å². The van der Waals surface area contributed by atoms with E-state index in [0.29, 0.717) is 42.6 Å². The van der Waals surface area contributed by atoms with Crippen LogP contribution in [0, 0.1) is 5.41 Å². The van der Waals surface area contributed by atoms with E-state index in [-0.39, 0.29) is 23.1 Å². The highest BCUT2D eigenvalue weighted by atomic mass is 35.5. The maximum absolute atomic E-state index is 13.3. The summed E-state index contributed by atoms with van der Waals surface area (Å²) in [4.78, 5) is 41.6. The molecule has 0 radical (unpaired) electrons. The second-order valence-corrected chi connectivity index (χ2v) is 10.6. The summed E-state index contributed by atoms with van der Waals surface area (Å²) in [6, 6.07) is 15.2. The van der Waals surface area contributed by atoms with E-state index in [1.165, 1.54) is 6.92 Å². The Morgan fingerprint density at radius 3 is 2.38 bits per heavy atom. The van der Waals surface area contributed by atoms with Crippen LogP contribution in [0.5, 0.6) is 0 Å². The minimum absolute atomic E-state index is 0.0467. The van der Waals surface area contributed by atoms with Crippen LogP contribution in [0.1, 0.15) is 42.2 Å². The monoisotopic (exact) mass is 518 g/mol. The first-order valence-corrected chi connectivity index (χ1v) is 13.0. The van der Waals surface area contributed by atoms with Crippen molar-refractivity contribution in [2.45, 2.75) is 26.2 Å². The molecule has 2 aliphatic heterocycles. The minimum atomic E-state index is -0.199. The average molecular weight is 519 g/mol. The average Bonchev–Trinajstić information content (AvgIpc) is 3.44. The molecule has 3 amide bonds. The van der Waals surface area contributed by atoms with E-state index in [1.807, 2.05) is 51.7 Å². The molecule has 0 atom stereocenters. The van der Waals surface area contributed by atoms with Gasteiger partial charge in [-0.15, -0.1) is 0 Å². The summed E-state index contributed by atoms with van der Waals surface area (Å²) in [5.41, 5.74) is 3.12. The largest absolute Gasteiger partial charge is 0.340 e. The van der Waals surface area contributed by atoms with E-state index in [9.17, 15) is 14.4 Å². The molecular weight excluding hydrogens is 488 g/mol. The van der Waals surface area contributed by atoms with Crippen molar-refractivity contribution in [3.05, 3.63) is 70.9 Å². The molecule has 2 saturated heterocycles. The van der Waals surface area contributed by atoms with Gasteiger partial charge in [-0.1, -0.05) is 35.9 Å². The molecule has 0 bridgehead atoms. The summed E-state index contributed by atoms with van der Waals surface area (Å²) in [6.07, 6.45) is 6.01. The number of aryl methyl sites for hydroxylation is 1. The Bertz CT molecular complexity index is 1400. The van der Waals surface area contributed by atoms with Gasteiger partial charge < -0.3 is 19.7 Å². The number of aromatic nitrogens is 1. The summed E-state index contributed by atoms with van der Waals surface area (Å²) in [5, 5.41) is 4.34. The van der Waals surface area contributed by atoms with Gasteiger partial charge in [-0.2, -0.15) is 0 Å². The highest BCUT2D eigenvalue weighted by molar-refractivity contribution is 6.31. The number of rotatable bonds is 4. The Hall–Kier alpha value is -3.58. The smallest absolute Gasteiger partial charge is 0.270 e. The van der Waals surface area contributed by atoms with Gasteiger partial charge in [0.2, 0.25) is 11.8 Å². The second kappa shape index (κ2) is 10.1. The van der Waals surface area contributed by atoms with Crippen LogP contribution in [-0.4, -0.2) is 58.3 Å². The van der Waals surface area contributed by atoms with Crippen LogP contribution in [0.2, 0.25) is 5.02 Å². The summed E-state index contributed by atoms with van der Waals surface area (Å²) in [5.74, 6) is -0.176. The predicted molar refractivity (Wildman–Crippen MR) is 146 cm³/mol. The Balaban J connectivity index is 1.20. The SMILES string of the molecule is CC(=O)Nc1cc(Cl)ccc1C=CC(=O)N1CCC2(CCN(C(=O)c3cc4ccccc4n3C)CC2)C1. The number of nitrogens with one attached hydrogen (secondary N) is 1. The molecule has 8 heteroatoms. The number of halogens is 1. The Morgan fingerprint density at radius 2 is 1.68 bits per heavy atom. The number of carbonyl (C=O) groups is 3. The fraction of sp³-hybridized carbons (Fsp3) is 0.345. The number of likely N-dealkylation sites (tertiary alicyclic amines) is 2. The highest BCUT2D eigenvalue weighted by Gasteiger charge is 2.42. The third-order valence-corrected chi connectivity index (χ3v) is 8.00. The molecule has 3 heterocycles. The van der Waals surface area contributed by atoms with Gasteiger partial charge >= 0.3 is 0 Å². The normalized spacial score (nSPS) is 17.2. The molecule has 1 aromatic heterocycles. The van der Waals surface area contributed by atoms with Crippen LogP contribution in [-0.2, 0) is 16.6 Å². The maximum Gasteiger partial charge on any atom is 0.270 e. The van der Waals surface area contributed by atoms with Gasteiger partial charge in [0.05, 0.1) is 0 Å². The molecule has 1 spiro atoms. The van der Waals surface area contributed by atoms with Crippen LogP contribution in [0.15, 0.2) is 54.6 Å². The van der Waals surface area contributed by atoms with Crippen molar-refractivity contribution in [3.63, 3.8) is 0 Å². The van der Waals surface area contributed by atoms with Crippen molar-refractivity contribution < 1.29 is 14.4 Å². The number of anilines is 1. The Kier molecular flexibility index (Phi) is 6.82. The van der Waals surface area contributed by atoms with Crippen LogP contribution >= 0.6 is 11.6 Å². The zero-order valence-corrected chi connectivity index (χ0v) is 21.9. The summed E-state index contributed by atoms with van der Waals surface area (Å²) < 4.78 is 1.97. The fourth-order valence-corrected chi connectivity index (χ4v) is 5.78. The number of piperidine rings is 1. The van der Waals surface area contributed by atoms with Gasteiger partial charge in [0, 0.05) is 67.8 Å². The molecule has 7 nitrogen and oxygen atoms in total. The lowest BCUT2D eigenvalue weighted by Gasteiger charge is -2.39. The first kappa shape index (κ1) is 25.1. The van der Waals surface area contributed by atoms with E-state index >= 15 is 0 Å². The molecule has 2 aliphatic rings. The first-order chi connectivity index (χ1) is 17.7. The molecular formula is C29H31ClN4O3. The second-order valence-electron chi connectivity index (χ2n) is 10.2. The zero-order valence-electron chi connectivity index (χ0n) is 21.2. The number of carbonyl (C=O) groups excluding carboxylic acids is 3. The molecule has 0 aliphatic carbocycles. The minimum Gasteiger partial charge on any atom is -0.340 e. The van der Waals surface area contributed by atoms with Gasteiger partial charge in [-0.05, 0) is 60.6 Å². The molecule has 5 rings (SSSR count).